The molecule has 1 aromatic carbocycles. The second-order valence-corrected chi connectivity index (χ2v) is 3.88. The van der Waals surface area contributed by atoms with Gasteiger partial charge in [0.2, 0.25) is 0 Å². The standard InChI is InChI=1S/C11H12F3N3O4.ClH/c12-11(13,14)6-21-7-1-2-9(17(19)20)8(5-7)10(18)16-4-3-15;/h1-2,5H,3-4,6,15H2,(H,16,18);1H. The van der Waals surface area contributed by atoms with Gasteiger partial charge in [0.15, 0.2) is 6.61 Å². The minimum absolute atomic E-state index is 0. The van der Waals surface area contributed by atoms with Crippen LogP contribution in [-0.2, 0) is 0 Å². The number of nitro groups is 1. The van der Waals surface area contributed by atoms with Crippen molar-refractivity contribution in [2.24, 2.45) is 5.73 Å². The van der Waals surface area contributed by atoms with E-state index in [1.807, 2.05) is 0 Å². The van der Waals surface area contributed by atoms with Gasteiger partial charge in [-0.15, -0.1) is 12.4 Å². The molecule has 7 nitrogen and oxygen atoms in total. The van der Waals surface area contributed by atoms with E-state index >= 15 is 0 Å². The lowest BCUT2D eigenvalue weighted by atomic mass is 10.1. The molecule has 3 N–H and O–H groups in total. The first kappa shape index (κ1) is 19.9. The highest BCUT2D eigenvalue weighted by Crippen LogP contribution is 2.25. The maximum atomic E-state index is 12.0. The Balaban J connectivity index is 0.00000441. The third-order valence-electron chi connectivity index (χ3n) is 2.24. The van der Waals surface area contributed by atoms with Crippen molar-refractivity contribution in [1.82, 2.24) is 5.32 Å². The topological polar surface area (TPSA) is 107 Å². The van der Waals surface area contributed by atoms with Gasteiger partial charge in [-0.3, -0.25) is 14.9 Å². The summed E-state index contributed by atoms with van der Waals surface area (Å²) in [4.78, 5) is 21.7. The van der Waals surface area contributed by atoms with Gasteiger partial charge in [-0.25, -0.2) is 0 Å². The highest BCUT2D eigenvalue weighted by molar-refractivity contribution is 5.98. The smallest absolute Gasteiger partial charge is 0.422 e. The predicted molar refractivity (Wildman–Crippen MR) is 73.3 cm³/mol. The third kappa shape index (κ3) is 6.14. The van der Waals surface area contributed by atoms with Crippen molar-refractivity contribution in [1.29, 1.82) is 0 Å². The molecule has 124 valence electrons. The van der Waals surface area contributed by atoms with Gasteiger partial charge in [-0.2, -0.15) is 13.2 Å². The van der Waals surface area contributed by atoms with Crippen LogP contribution in [0.5, 0.6) is 5.75 Å². The summed E-state index contributed by atoms with van der Waals surface area (Å²) in [6.07, 6.45) is -4.55. The Bertz CT molecular complexity index is 540. The Kier molecular flexibility index (Phi) is 7.60. The molecule has 0 aliphatic rings. The van der Waals surface area contributed by atoms with Gasteiger partial charge >= 0.3 is 6.18 Å². The van der Waals surface area contributed by atoms with Crippen LogP contribution in [0, 0.1) is 10.1 Å². The maximum Gasteiger partial charge on any atom is 0.422 e. The van der Waals surface area contributed by atoms with Crippen molar-refractivity contribution in [3.8, 4) is 5.75 Å². The van der Waals surface area contributed by atoms with Crippen molar-refractivity contribution in [2.75, 3.05) is 19.7 Å². The van der Waals surface area contributed by atoms with Gasteiger partial charge in [0.25, 0.3) is 11.6 Å². The lowest BCUT2D eigenvalue weighted by Crippen LogP contribution is -2.29. The zero-order valence-electron chi connectivity index (χ0n) is 11.1. The van der Waals surface area contributed by atoms with Crippen LogP contribution in [0.3, 0.4) is 0 Å². The van der Waals surface area contributed by atoms with Crippen molar-refractivity contribution in [2.45, 2.75) is 6.18 Å². The molecule has 0 bridgehead atoms. The summed E-state index contributed by atoms with van der Waals surface area (Å²) in [5.74, 6) is -1.11. The first-order valence-electron chi connectivity index (χ1n) is 5.71. The summed E-state index contributed by atoms with van der Waals surface area (Å²) in [6.45, 7) is -1.37. The highest BCUT2D eigenvalue weighted by Gasteiger charge is 2.29. The van der Waals surface area contributed by atoms with Gasteiger partial charge in [0, 0.05) is 19.2 Å². The monoisotopic (exact) mass is 343 g/mol. The first-order valence-corrected chi connectivity index (χ1v) is 5.71. The molecule has 0 aliphatic carbocycles. The lowest BCUT2D eigenvalue weighted by Gasteiger charge is -2.10. The summed E-state index contributed by atoms with van der Waals surface area (Å²) in [5.41, 5.74) is 4.25. The largest absolute Gasteiger partial charge is 0.484 e. The molecular formula is C11H13ClF3N3O4. The minimum Gasteiger partial charge on any atom is -0.484 e. The SMILES string of the molecule is Cl.NCCNC(=O)c1cc(OCC(F)(F)F)ccc1[N+](=O)[O-]. The fraction of sp³-hybridized carbons (Fsp3) is 0.364. The quantitative estimate of drug-likeness (QED) is 0.603. The van der Waals surface area contributed by atoms with E-state index < -0.39 is 34.9 Å². The number of benzene rings is 1. The zero-order valence-corrected chi connectivity index (χ0v) is 11.9. The molecule has 0 fully saturated rings. The van der Waals surface area contributed by atoms with Gasteiger partial charge < -0.3 is 15.8 Å². The predicted octanol–water partition coefficient (Wildman–Crippen LogP) is 1.65. The number of nitrogens with zero attached hydrogens (tertiary/aromatic N) is 1. The Morgan fingerprint density at radius 2 is 2.05 bits per heavy atom. The molecule has 0 saturated carbocycles. The van der Waals surface area contributed by atoms with E-state index in [0.717, 1.165) is 18.2 Å². The number of halogens is 4. The fourth-order valence-electron chi connectivity index (χ4n) is 1.39. The first-order chi connectivity index (χ1) is 9.74. The van der Waals surface area contributed by atoms with Crippen LogP contribution in [0.25, 0.3) is 0 Å². The number of amides is 1. The fourth-order valence-corrected chi connectivity index (χ4v) is 1.39. The van der Waals surface area contributed by atoms with Gasteiger partial charge in [0.05, 0.1) is 4.92 Å². The summed E-state index contributed by atoms with van der Waals surface area (Å²) in [7, 11) is 0. The molecule has 0 radical (unpaired) electrons. The van der Waals surface area contributed by atoms with E-state index in [2.05, 4.69) is 10.1 Å². The van der Waals surface area contributed by atoms with Crippen molar-refractivity contribution >= 4 is 24.0 Å². The summed E-state index contributed by atoms with van der Waals surface area (Å²) in [5, 5.41) is 13.1. The van der Waals surface area contributed by atoms with Gasteiger partial charge in [-0.05, 0) is 12.1 Å². The Labute approximate surface area is 129 Å². The number of hydrogen-bond acceptors (Lipinski definition) is 5. The molecule has 0 heterocycles. The molecule has 0 spiro atoms. The summed E-state index contributed by atoms with van der Waals surface area (Å²) >= 11 is 0. The molecular weight excluding hydrogens is 331 g/mol. The molecule has 11 heteroatoms. The highest BCUT2D eigenvalue weighted by atomic mass is 35.5. The second kappa shape index (κ2) is 8.39. The average Bonchev–Trinajstić information content (AvgIpc) is 2.41. The zero-order chi connectivity index (χ0) is 16.0. The number of hydrogen-bond donors (Lipinski definition) is 2. The van der Waals surface area contributed by atoms with E-state index in [-0.39, 0.29) is 31.2 Å². The van der Waals surface area contributed by atoms with Crippen LogP contribution < -0.4 is 15.8 Å². The molecule has 22 heavy (non-hydrogen) atoms. The van der Waals surface area contributed by atoms with Gasteiger partial charge in [-0.1, -0.05) is 0 Å². The minimum atomic E-state index is -4.55. The molecule has 0 saturated heterocycles. The summed E-state index contributed by atoms with van der Waals surface area (Å²) in [6, 6.07) is 2.78. The molecule has 0 atom stereocenters. The molecule has 1 amide bonds. The number of carbonyl (C=O) groups is 1. The van der Waals surface area contributed by atoms with Crippen molar-refractivity contribution in [3.05, 3.63) is 33.9 Å². The van der Waals surface area contributed by atoms with Crippen molar-refractivity contribution < 1.29 is 27.6 Å². The molecule has 0 unspecified atom stereocenters. The Hall–Kier alpha value is -2.07. The lowest BCUT2D eigenvalue weighted by molar-refractivity contribution is -0.385. The second-order valence-electron chi connectivity index (χ2n) is 3.88. The molecule has 1 rings (SSSR count). The van der Waals surface area contributed by atoms with E-state index in [9.17, 15) is 28.1 Å². The van der Waals surface area contributed by atoms with Crippen LogP contribution in [0.2, 0.25) is 0 Å². The van der Waals surface area contributed by atoms with E-state index in [1.165, 1.54) is 0 Å². The van der Waals surface area contributed by atoms with E-state index in [1.54, 1.807) is 0 Å². The van der Waals surface area contributed by atoms with E-state index in [4.69, 9.17) is 5.73 Å². The van der Waals surface area contributed by atoms with Crippen LogP contribution in [0.4, 0.5) is 18.9 Å². The molecule has 0 aliphatic heterocycles. The third-order valence-corrected chi connectivity index (χ3v) is 2.24. The number of ether oxygens (including phenoxy) is 1. The number of alkyl halides is 3. The number of nitrogens with one attached hydrogen (secondary N) is 1. The van der Waals surface area contributed by atoms with Crippen LogP contribution >= 0.6 is 12.4 Å². The Morgan fingerprint density at radius 1 is 1.41 bits per heavy atom. The summed E-state index contributed by atoms with van der Waals surface area (Å²) < 4.78 is 40.6. The normalized spacial score (nSPS) is 10.5. The van der Waals surface area contributed by atoms with Gasteiger partial charge in [0.1, 0.15) is 11.3 Å². The van der Waals surface area contributed by atoms with E-state index in [0.29, 0.717) is 0 Å². The Morgan fingerprint density at radius 3 is 2.55 bits per heavy atom. The van der Waals surface area contributed by atoms with Crippen LogP contribution in [-0.4, -0.2) is 36.7 Å². The number of rotatable bonds is 6. The number of nitro benzene ring substituents is 1. The maximum absolute atomic E-state index is 12.0. The van der Waals surface area contributed by atoms with Crippen LogP contribution in [0.1, 0.15) is 10.4 Å². The van der Waals surface area contributed by atoms with Crippen LogP contribution in [0.15, 0.2) is 18.2 Å². The average molecular weight is 344 g/mol. The number of carbonyl (C=O) groups excluding carboxylic acids is 1. The molecule has 0 aromatic heterocycles. The van der Waals surface area contributed by atoms with Crippen molar-refractivity contribution in [3.63, 3.8) is 0 Å². The molecule has 1 aromatic rings. The number of nitrogens with two attached hydrogens (primary N) is 1.